The summed E-state index contributed by atoms with van der Waals surface area (Å²) in [5.74, 6) is -0.550. The van der Waals surface area contributed by atoms with E-state index in [1.165, 1.54) is 23.9 Å². The normalized spacial score (nSPS) is 10.9. The van der Waals surface area contributed by atoms with Crippen LogP contribution in [0.15, 0.2) is 27.2 Å². The van der Waals surface area contributed by atoms with Gasteiger partial charge in [-0.1, -0.05) is 0 Å². The molecule has 0 amide bonds. The second-order valence-electron chi connectivity index (χ2n) is 4.49. The first-order chi connectivity index (χ1) is 9.93. The van der Waals surface area contributed by atoms with Gasteiger partial charge in [-0.2, -0.15) is 0 Å². The van der Waals surface area contributed by atoms with Gasteiger partial charge in [0.1, 0.15) is 5.03 Å². The van der Waals surface area contributed by atoms with Crippen molar-refractivity contribution in [3.8, 4) is 0 Å². The molecule has 0 fully saturated rings. The van der Waals surface area contributed by atoms with E-state index in [9.17, 15) is 9.59 Å². The van der Waals surface area contributed by atoms with Gasteiger partial charge in [-0.15, -0.1) is 5.10 Å². The van der Waals surface area contributed by atoms with Gasteiger partial charge in [0, 0.05) is 6.04 Å². The Morgan fingerprint density at radius 1 is 1.52 bits per heavy atom. The zero-order valence-electron chi connectivity index (χ0n) is 11.8. The Balaban J connectivity index is 2.45. The van der Waals surface area contributed by atoms with Gasteiger partial charge >= 0.3 is 11.7 Å². The number of anilines is 1. The first kappa shape index (κ1) is 15.1. The minimum atomic E-state index is -0.550. The van der Waals surface area contributed by atoms with Crippen molar-refractivity contribution in [3.05, 3.63) is 28.3 Å². The average Bonchev–Trinajstić information content (AvgIpc) is 2.81. The number of aromatic nitrogens is 4. The third-order valence-electron chi connectivity index (χ3n) is 2.65. The molecule has 9 heteroatoms. The standard InChI is InChI=1S/C12H15N5O3S/c1-6(2)17-11(19)15-16-12(17)21-9-8(10(18)20-3)4-7(13)5-14-9/h4-6H,13H2,1-3H3,(H,15,19). The number of esters is 1. The van der Waals surface area contributed by atoms with E-state index in [2.05, 4.69) is 15.2 Å². The maximum atomic E-state index is 11.8. The van der Waals surface area contributed by atoms with Crippen LogP contribution < -0.4 is 11.4 Å². The van der Waals surface area contributed by atoms with Crippen LogP contribution in [0.5, 0.6) is 0 Å². The number of hydrogen-bond donors (Lipinski definition) is 2. The van der Waals surface area contributed by atoms with E-state index in [1.54, 1.807) is 0 Å². The molecule has 0 aliphatic rings. The summed E-state index contributed by atoms with van der Waals surface area (Å²) in [5, 5.41) is 7.11. The second-order valence-corrected chi connectivity index (χ2v) is 5.45. The van der Waals surface area contributed by atoms with Gasteiger partial charge in [-0.3, -0.25) is 4.57 Å². The molecule has 0 aromatic carbocycles. The molecule has 112 valence electrons. The van der Waals surface area contributed by atoms with Gasteiger partial charge in [0.2, 0.25) is 0 Å². The molecule has 0 atom stereocenters. The molecule has 21 heavy (non-hydrogen) atoms. The van der Waals surface area contributed by atoms with E-state index >= 15 is 0 Å². The first-order valence-corrected chi connectivity index (χ1v) is 6.94. The fraction of sp³-hybridized carbons (Fsp3) is 0.333. The third-order valence-corrected chi connectivity index (χ3v) is 3.64. The van der Waals surface area contributed by atoms with E-state index in [4.69, 9.17) is 10.5 Å². The second kappa shape index (κ2) is 6.00. The van der Waals surface area contributed by atoms with Gasteiger partial charge in [-0.25, -0.2) is 19.7 Å². The van der Waals surface area contributed by atoms with Crippen molar-refractivity contribution in [1.82, 2.24) is 19.7 Å². The number of methoxy groups -OCH3 is 1. The van der Waals surface area contributed by atoms with Gasteiger partial charge in [0.05, 0.1) is 24.6 Å². The van der Waals surface area contributed by atoms with Crippen molar-refractivity contribution >= 4 is 23.4 Å². The highest BCUT2D eigenvalue weighted by Gasteiger charge is 2.19. The number of carbonyl (C=O) groups excluding carboxylic acids is 1. The van der Waals surface area contributed by atoms with E-state index in [-0.39, 0.29) is 17.3 Å². The highest BCUT2D eigenvalue weighted by atomic mass is 32.2. The number of nitrogens with two attached hydrogens (primary N) is 1. The lowest BCUT2D eigenvalue weighted by Gasteiger charge is -2.10. The summed E-state index contributed by atoms with van der Waals surface area (Å²) in [6.07, 6.45) is 1.43. The van der Waals surface area contributed by atoms with Crippen LogP contribution >= 0.6 is 11.8 Å². The lowest BCUT2D eigenvalue weighted by molar-refractivity contribution is 0.0596. The van der Waals surface area contributed by atoms with E-state index in [0.29, 0.717) is 15.9 Å². The summed E-state index contributed by atoms with van der Waals surface area (Å²) >= 11 is 1.10. The summed E-state index contributed by atoms with van der Waals surface area (Å²) in [5.41, 5.74) is 5.90. The molecule has 0 bridgehead atoms. The van der Waals surface area contributed by atoms with Crippen molar-refractivity contribution in [2.75, 3.05) is 12.8 Å². The number of nitrogens with zero attached hydrogens (tertiary/aromatic N) is 3. The van der Waals surface area contributed by atoms with E-state index in [0.717, 1.165) is 11.8 Å². The third kappa shape index (κ3) is 3.07. The molecule has 3 N–H and O–H groups in total. The molecule has 0 aliphatic heterocycles. The Labute approximate surface area is 124 Å². The van der Waals surface area contributed by atoms with Crippen molar-refractivity contribution in [2.45, 2.75) is 30.1 Å². The number of ether oxygens (including phenoxy) is 1. The van der Waals surface area contributed by atoms with Gasteiger partial charge in [0.15, 0.2) is 5.16 Å². The monoisotopic (exact) mass is 309 g/mol. The molecule has 8 nitrogen and oxygen atoms in total. The minimum absolute atomic E-state index is 0.0749. The van der Waals surface area contributed by atoms with E-state index in [1.807, 2.05) is 13.8 Å². The Morgan fingerprint density at radius 2 is 2.24 bits per heavy atom. The van der Waals surface area contributed by atoms with Crippen LogP contribution in [0, 0.1) is 0 Å². The smallest absolute Gasteiger partial charge is 0.344 e. The Kier molecular flexibility index (Phi) is 4.32. The molecule has 0 spiro atoms. The van der Waals surface area contributed by atoms with Gasteiger partial charge in [0.25, 0.3) is 0 Å². The van der Waals surface area contributed by atoms with Crippen LogP contribution in [0.1, 0.15) is 30.2 Å². The molecular weight excluding hydrogens is 294 g/mol. The van der Waals surface area contributed by atoms with Crippen molar-refractivity contribution in [3.63, 3.8) is 0 Å². The average molecular weight is 309 g/mol. The summed E-state index contributed by atoms with van der Waals surface area (Å²) in [7, 11) is 1.28. The highest BCUT2D eigenvalue weighted by Crippen LogP contribution is 2.29. The van der Waals surface area contributed by atoms with Crippen LogP contribution in [0.2, 0.25) is 0 Å². The summed E-state index contributed by atoms with van der Waals surface area (Å²) in [6.45, 7) is 3.72. The molecule has 2 rings (SSSR count). The SMILES string of the molecule is COC(=O)c1cc(N)cnc1Sc1n[nH]c(=O)n1C(C)C. The predicted octanol–water partition coefficient (Wildman–Crippen LogP) is 1.07. The number of pyridine rings is 1. The Hall–Kier alpha value is -2.29. The zero-order valence-corrected chi connectivity index (χ0v) is 12.6. The van der Waals surface area contributed by atoms with Crippen LogP contribution in [-0.2, 0) is 4.74 Å². The van der Waals surface area contributed by atoms with Crippen LogP contribution in [-0.4, -0.2) is 32.8 Å². The highest BCUT2D eigenvalue weighted by molar-refractivity contribution is 7.99. The van der Waals surface area contributed by atoms with Crippen molar-refractivity contribution in [2.24, 2.45) is 0 Å². The molecule has 0 saturated carbocycles. The van der Waals surface area contributed by atoms with E-state index < -0.39 is 5.97 Å². The lowest BCUT2D eigenvalue weighted by atomic mass is 10.3. The molecule has 2 heterocycles. The van der Waals surface area contributed by atoms with Gasteiger partial charge < -0.3 is 10.5 Å². The number of hydrogen-bond acceptors (Lipinski definition) is 7. The maximum absolute atomic E-state index is 11.8. The van der Waals surface area contributed by atoms with Crippen LogP contribution in [0.25, 0.3) is 0 Å². The molecule has 2 aromatic heterocycles. The molecule has 0 aliphatic carbocycles. The quantitative estimate of drug-likeness (QED) is 0.811. The molecular formula is C12H15N5O3S. The number of rotatable bonds is 4. The van der Waals surface area contributed by atoms with Gasteiger partial charge in [-0.05, 0) is 31.7 Å². The summed E-state index contributed by atoms with van der Waals surface area (Å²) in [6, 6.07) is 1.40. The van der Waals surface area contributed by atoms with Crippen molar-refractivity contribution < 1.29 is 9.53 Å². The number of carbonyl (C=O) groups is 1. The minimum Gasteiger partial charge on any atom is -0.465 e. The Bertz CT molecular complexity index is 722. The summed E-state index contributed by atoms with van der Waals surface area (Å²) < 4.78 is 6.18. The van der Waals surface area contributed by atoms with Crippen LogP contribution in [0.4, 0.5) is 5.69 Å². The fourth-order valence-corrected chi connectivity index (χ4v) is 2.72. The first-order valence-electron chi connectivity index (χ1n) is 6.12. The number of nitrogens with one attached hydrogen (secondary N) is 1. The maximum Gasteiger partial charge on any atom is 0.344 e. The Morgan fingerprint density at radius 3 is 2.86 bits per heavy atom. The number of nitrogen functional groups attached to an aromatic ring is 1. The number of H-pyrrole nitrogens is 1. The topological polar surface area (TPSA) is 116 Å². The summed E-state index contributed by atoms with van der Waals surface area (Å²) in [4.78, 5) is 27.6. The van der Waals surface area contributed by atoms with Crippen molar-refractivity contribution in [1.29, 1.82) is 0 Å². The molecule has 0 radical (unpaired) electrons. The fourth-order valence-electron chi connectivity index (χ4n) is 1.71. The molecule has 0 saturated heterocycles. The lowest BCUT2D eigenvalue weighted by Crippen LogP contribution is -2.19. The largest absolute Gasteiger partial charge is 0.465 e. The predicted molar refractivity (Wildman–Crippen MR) is 77.3 cm³/mol. The molecule has 0 unspecified atom stereocenters. The zero-order chi connectivity index (χ0) is 15.6. The molecule has 2 aromatic rings. The van der Waals surface area contributed by atoms with Crippen LogP contribution in [0.3, 0.4) is 0 Å². The number of aromatic amines is 1.